The standard InChI is InChI=1S/C70H60O2.C64H40O2/c1-3-5-7-15-32-63-65(53-24-11-9-12-25-53)61-45-59(51-37-34-48(35-38-51)56-43-36-47-22-17-18-28-55(47)44-56)67-68(70(61)72-63)60(52-41-39-50(40-42-52)58-31-21-29-49-23-19-20-30-57(49)58)46-62-66(54-26-13-10-14-27-54)64(71-69(62)67)33-16-8-6-4-2;1-5-19-43(20-6-1)53-39-55-57(46-24-9-3-10-25-46)61(48-35-33-45(34-36-48)52-31-17-29-42-23-15-16-30-51(42)52)65-63(55)59-54(44-21-7-2-8-22-44)40-56-58(47-26-11-4-12-27-47)62(66-64(56)60(53)59)50-37-32-41-18-13-14-28-49(41)38-50/h9-14,17-31,34-46H,3-8,15-16,32-33H2,1-2H3;1-40H. The number of hydrogen-bond acceptors (Lipinski definition) is 4. The average Bonchev–Trinajstić information content (AvgIpc) is 1.54. The first kappa shape index (κ1) is 84.3. The van der Waals surface area contributed by atoms with Gasteiger partial charge in [0.25, 0.3) is 0 Å². The zero-order valence-electron chi connectivity index (χ0n) is 77.4. The quantitative estimate of drug-likeness (QED) is 0.0599. The van der Waals surface area contributed by atoms with Gasteiger partial charge in [0.15, 0.2) is 0 Å². The molecule has 138 heavy (non-hydrogen) atoms. The van der Waals surface area contributed by atoms with E-state index in [-0.39, 0.29) is 0 Å². The number of unbranched alkanes of at least 4 members (excludes halogenated alkanes) is 6. The molecule has 0 atom stereocenters. The lowest BCUT2D eigenvalue weighted by molar-refractivity contribution is 0.529. The number of furan rings is 4. The van der Waals surface area contributed by atoms with Crippen molar-refractivity contribution in [3.8, 4) is 145 Å². The third kappa shape index (κ3) is 15.6. The van der Waals surface area contributed by atoms with Crippen LogP contribution in [0.5, 0.6) is 0 Å². The highest BCUT2D eigenvalue weighted by Crippen LogP contribution is 2.56. The second-order valence-electron chi connectivity index (χ2n) is 36.8. The first-order valence-electron chi connectivity index (χ1n) is 49.0. The van der Waals surface area contributed by atoms with Crippen LogP contribution in [0.3, 0.4) is 0 Å². The maximum atomic E-state index is 7.48. The lowest BCUT2D eigenvalue weighted by Gasteiger charge is -2.15. The van der Waals surface area contributed by atoms with Crippen LogP contribution in [-0.2, 0) is 12.8 Å². The van der Waals surface area contributed by atoms with Crippen molar-refractivity contribution in [2.75, 3.05) is 0 Å². The summed E-state index contributed by atoms with van der Waals surface area (Å²) in [4.78, 5) is 0. The number of benzene rings is 21. The molecule has 0 aliphatic carbocycles. The van der Waals surface area contributed by atoms with Crippen LogP contribution >= 0.6 is 0 Å². The molecule has 21 aromatic carbocycles. The molecule has 0 aliphatic heterocycles. The third-order valence-electron chi connectivity index (χ3n) is 28.3. The molecule has 25 aromatic rings. The van der Waals surface area contributed by atoms with Gasteiger partial charge < -0.3 is 17.7 Å². The van der Waals surface area contributed by atoms with E-state index in [1.807, 2.05) is 0 Å². The SMILES string of the molecule is CCCCCCc1oc2c(cc(-c3ccc(-c4cccc5ccccc45)cc3)c3c4oc(CCCCCC)c(-c5ccccc5)c4cc(-c4ccc(-c5ccc6ccccc6c5)cc4)c23)c1-c1ccccc1.c1ccc(-c2c(-c3ccc(-c4cccc5ccccc45)cc3)oc3c2cc(-c2ccccc2)c2c4oc(-c5ccc6ccccc6c5)c(-c5ccccc5)c4cc(-c4ccccc4)c32)cc1. The van der Waals surface area contributed by atoms with Gasteiger partial charge in [-0.1, -0.05) is 465 Å². The highest BCUT2D eigenvalue weighted by atomic mass is 16.3. The van der Waals surface area contributed by atoms with Gasteiger partial charge in [-0.3, -0.25) is 0 Å². The van der Waals surface area contributed by atoms with E-state index in [1.54, 1.807) is 0 Å². The second kappa shape index (κ2) is 37.0. The molecule has 0 spiro atoms. The Morgan fingerprint density at radius 1 is 0.159 bits per heavy atom. The zero-order chi connectivity index (χ0) is 91.9. The van der Waals surface area contributed by atoms with Gasteiger partial charge in [0.05, 0.1) is 0 Å². The first-order chi connectivity index (χ1) is 68.4. The van der Waals surface area contributed by atoms with Gasteiger partial charge in [-0.25, -0.2) is 0 Å². The van der Waals surface area contributed by atoms with Gasteiger partial charge in [0.2, 0.25) is 0 Å². The number of fused-ring (bicyclic) bond motifs is 14. The van der Waals surface area contributed by atoms with Crippen molar-refractivity contribution in [1.29, 1.82) is 0 Å². The summed E-state index contributed by atoms with van der Waals surface area (Å²) in [5.74, 6) is 3.77. The van der Waals surface area contributed by atoms with Gasteiger partial charge in [-0.05, 0) is 192 Å². The van der Waals surface area contributed by atoms with Crippen molar-refractivity contribution in [2.24, 2.45) is 0 Å². The van der Waals surface area contributed by atoms with E-state index in [0.29, 0.717) is 0 Å². The van der Waals surface area contributed by atoms with E-state index in [4.69, 9.17) is 17.7 Å². The molecule has 0 bridgehead atoms. The molecule has 0 N–H and O–H groups in total. The Labute approximate surface area is 804 Å². The minimum absolute atomic E-state index is 0.822. The minimum Gasteiger partial charge on any atom is -0.460 e. The van der Waals surface area contributed by atoms with Crippen LogP contribution in [0.25, 0.3) is 254 Å². The molecule has 4 aromatic heterocycles. The molecule has 4 heterocycles. The second-order valence-corrected chi connectivity index (χ2v) is 36.8. The summed E-state index contributed by atoms with van der Waals surface area (Å²) < 4.78 is 29.9. The molecule has 0 fully saturated rings. The van der Waals surface area contributed by atoms with Crippen molar-refractivity contribution in [3.63, 3.8) is 0 Å². The van der Waals surface area contributed by atoms with Crippen molar-refractivity contribution in [3.05, 3.63) is 460 Å². The monoisotopic (exact) mass is 1770 g/mol. The molecular weight excluding hydrogens is 1670 g/mol. The molecule has 0 aliphatic rings. The number of aryl methyl sites for hydroxylation is 2. The van der Waals surface area contributed by atoms with Crippen LogP contribution in [0.2, 0.25) is 0 Å². The highest BCUT2D eigenvalue weighted by Gasteiger charge is 2.32. The summed E-state index contributed by atoms with van der Waals surface area (Å²) in [6.45, 7) is 4.56. The summed E-state index contributed by atoms with van der Waals surface area (Å²) in [5.41, 5.74) is 30.7. The topological polar surface area (TPSA) is 52.6 Å². The van der Waals surface area contributed by atoms with Crippen LogP contribution in [0.15, 0.2) is 467 Å². The van der Waals surface area contributed by atoms with Gasteiger partial charge in [0, 0.05) is 89.3 Å². The predicted molar refractivity (Wildman–Crippen MR) is 583 cm³/mol. The van der Waals surface area contributed by atoms with Gasteiger partial charge in [-0.2, -0.15) is 0 Å². The smallest absolute Gasteiger partial charge is 0.144 e. The lowest BCUT2D eigenvalue weighted by atomic mass is 9.86. The highest BCUT2D eigenvalue weighted by molar-refractivity contribution is 6.31. The normalized spacial score (nSPS) is 11.7. The molecule has 660 valence electrons. The fraction of sp³-hybridized carbons (Fsp3) is 0.0896. The van der Waals surface area contributed by atoms with E-state index in [2.05, 4.69) is 463 Å². The van der Waals surface area contributed by atoms with Gasteiger partial charge in [-0.15, -0.1) is 0 Å². The maximum Gasteiger partial charge on any atom is 0.144 e. The zero-order valence-corrected chi connectivity index (χ0v) is 77.4. The van der Waals surface area contributed by atoms with Crippen LogP contribution in [0.1, 0.15) is 76.7 Å². The molecule has 0 unspecified atom stereocenters. The summed E-state index contributed by atoms with van der Waals surface area (Å²) in [6, 6.07) is 163. The van der Waals surface area contributed by atoms with Crippen molar-refractivity contribution < 1.29 is 17.7 Å². The summed E-state index contributed by atoms with van der Waals surface area (Å²) in [6.07, 6.45) is 11.0. The van der Waals surface area contributed by atoms with E-state index in [0.717, 1.165) is 203 Å². The number of hydrogen-bond donors (Lipinski definition) is 0. The summed E-state index contributed by atoms with van der Waals surface area (Å²) in [5, 5.41) is 18.4. The Hall–Kier alpha value is -16.7. The van der Waals surface area contributed by atoms with E-state index in [9.17, 15) is 0 Å². The van der Waals surface area contributed by atoms with Crippen LogP contribution in [0.4, 0.5) is 0 Å². The van der Waals surface area contributed by atoms with Gasteiger partial charge in [0.1, 0.15) is 45.4 Å². The maximum absolute atomic E-state index is 7.48. The number of rotatable bonds is 23. The Bertz CT molecular complexity index is 8770. The molecule has 0 saturated carbocycles. The third-order valence-corrected chi connectivity index (χ3v) is 28.3. The average molecular weight is 1770 g/mol. The van der Waals surface area contributed by atoms with Crippen molar-refractivity contribution in [2.45, 2.75) is 78.1 Å². The molecule has 0 amide bonds. The minimum atomic E-state index is 0.822. The van der Waals surface area contributed by atoms with Gasteiger partial charge >= 0.3 is 0 Å². The van der Waals surface area contributed by atoms with Crippen LogP contribution < -0.4 is 0 Å². The van der Waals surface area contributed by atoms with Crippen LogP contribution in [-0.4, -0.2) is 0 Å². The molecule has 0 radical (unpaired) electrons. The van der Waals surface area contributed by atoms with Crippen molar-refractivity contribution >= 4 is 109 Å². The Kier molecular flexibility index (Phi) is 22.6. The van der Waals surface area contributed by atoms with E-state index < -0.39 is 0 Å². The van der Waals surface area contributed by atoms with E-state index in [1.165, 1.54) is 126 Å². The Morgan fingerprint density at radius 3 is 0.812 bits per heavy atom. The molecule has 4 heteroatoms. The molecular formula is C134H100O4. The predicted octanol–water partition coefficient (Wildman–Crippen LogP) is 39.2. The summed E-state index contributed by atoms with van der Waals surface area (Å²) in [7, 11) is 0. The molecule has 25 rings (SSSR count). The Morgan fingerprint density at radius 2 is 0.428 bits per heavy atom. The lowest BCUT2D eigenvalue weighted by Crippen LogP contribution is -1.90. The fourth-order valence-electron chi connectivity index (χ4n) is 21.6. The van der Waals surface area contributed by atoms with Crippen LogP contribution in [0, 0.1) is 0 Å². The largest absolute Gasteiger partial charge is 0.460 e. The fourth-order valence-corrected chi connectivity index (χ4v) is 21.6. The Balaban J connectivity index is 0.000000151. The molecule has 0 saturated heterocycles. The van der Waals surface area contributed by atoms with Crippen molar-refractivity contribution in [1.82, 2.24) is 0 Å². The summed E-state index contributed by atoms with van der Waals surface area (Å²) >= 11 is 0. The van der Waals surface area contributed by atoms with E-state index >= 15 is 0 Å². The molecule has 4 nitrogen and oxygen atoms in total. The first-order valence-corrected chi connectivity index (χ1v) is 49.0.